The van der Waals surface area contributed by atoms with Gasteiger partial charge < -0.3 is 4.43 Å². The SMILES string of the molecule is CC[Si](CC)(CC)OCC/C=C\[Si](C)(C)C. The molecule has 0 aliphatic carbocycles. The van der Waals surface area contributed by atoms with E-state index in [0.29, 0.717) is 0 Å². The van der Waals surface area contributed by atoms with Crippen LogP contribution in [0.2, 0.25) is 37.8 Å². The molecular formula is C13H30OSi2. The standard InChI is InChI=1S/C13H30OSi2/c1-7-16(8-2,9-3)14-12-10-11-13-15(4,5)6/h11,13H,7-10,12H2,1-6H3/b13-11-. The first-order valence-corrected chi connectivity index (χ1v) is 12.8. The largest absolute Gasteiger partial charge is 0.417 e. The van der Waals surface area contributed by atoms with E-state index < -0.39 is 16.4 Å². The van der Waals surface area contributed by atoms with Gasteiger partial charge in [0.25, 0.3) is 0 Å². The van der Waals surface area contributed by atoms with Crippen LogP contribution in [0.1, 0.15) is 27.2 Å². The van der Waals surface area contributed by atoms with Gasteiger partial charge in [-0.25, -0.2) is 0 Å². The van der Waals surface area contributed by atoms with Crippen LogP contribution in [-0.4, -0.2) is 23.0 Å². The highest BCUT2D eigenvalue weighted by atomic mass is 28.4. The van der Waals surface area contributed by atoms with Crippen LogP contribution in [-0.2, 0) is 4.43 Å². The molecule has 0 heterocycles. The van der Waals surface area contributed by atoms with Gasteiger partial charge in [-0.05, 0) is 24.6 Å². The number of rotatable bonds is 8. The molecule has 0 unspecified atom stereocenters. The lowest BCUT2D eigenvalue weighted by molar-refractivity contribution is 0.306. The van der Waals surface area contributed by atoms with Gasteiger partial charge in [0.05, 0.1) is 8.07 Å². The van der Waals surface area contributed by atoms with E-state index in [-0.39, 0.29) is 0 Å². The molecule has 0 bridgehead atoms. The molecule has 0 aromatic carbocycles. The van der Waals surface area contributed by atoms with Crippen LogP contribution in [0.5, 0.6) is 0 Å². The van der Waals surface area contributed by atoms with E-state index in [0.717, 1.165) is 13.0 Å². The first-order chi connectivity index (χ1) is 7.39. The fourth-order valence-corrected chi connectivity index (χ4v) is 5.37. The Balaban J connectivity index is 3.92. The van der Waals surface area contributed by atoms with E-state index in [9.17, 15) is 0 Å². The van der Waals surface area contributed by atoms with Gasteiger partial charge in [-0.15, -0.1) is 0 Å². The third-order valence-electron chi connectivity index (χ3n) is 3.24. The van der Waals surface area contributed by atoms with Crippen molar-refractivity contribution >= 4 is 16.4 Å². The predicted octanol–water partition coefficient (Wildman–Crippen LogP) is 4.83. The Kier molecular flexibility index (Phi) is 7.52. The van der Waals surface area contributed by atoms with Crippen molar-refractivity contribution in [2.24, 2.45) is 0 Å². The van der Waals surface area contributed by atoms with Crippen LogP contribution in [0.3, 0.4) is 0 Å². The minimum Gasteiger partial charge on any atom is -0.417 e. The van der Waals surface area contributed by atoms with Crippen LogP contribution in [0.15, 0.2) is 11.8 Å². The number of hydrogen-bond donors (Lipinski definition) is 0. The van der Waals surface area contributed by atoms with Crippen molar-refractivity contribution in [3.63, 3.8) is 0 Å². The third kappa shape index (κ3) is 6.66. The minimum absolute atomic E-state index is 0.933. The average Bonchev–Trinajstić information content (AvgIpc) is 2.23. The van der Waals surface area contributed by atoms with Gasteiger partial charge in [-0.3, -0.25) is 0 Å². The molecule has 0 spiro atoms. The summed E-state index contributed by atoms with van der Waals surface area (Å²) in [5.41, 5.74) is 2.42. The first kappa shape index (κ1) is 16.1. The summed E-state index contributed by atoms with van der Waals surface area (Å²) in [6, 6.07) is 3.78. The molecule has 0 fully saturated rings. The van der Waals surface area contributed by atoms with Crippen molar-refractivity contribution in [3.8, 4) is 0 Å². The molecule has 0 saturated heterocycles. The molecule has 0 aliphatic heterocycles. The second-order valence-corrected chi connectivity index (χ2v) is 15.5. The lowest BCUT2D eigenvalue weighted by atomic mass is 10.5. The van der Waals surface area contributed by atoms with Crippen LogP contribution < -0.4 is 0 Å². The zero-order valence-electron chi connectivity index (χ0n) is 12.1. The molecule has 0 rings (SSSR count). The summed E-state index contributed by atoms with van der Waals surface area (Å²) >= 11 is 0. The Labute approximate surface area is 104 Å². The van der Waals surface area contributed by atoms with E-state index in [1.54, 1.807) is 0 Å². The summed E-state index contributed by atoms with van der Waals surface area (Å²) in [4.78, 5) is 0. The molecule has 16 heavy (non-hydrogen) atoms. The molecule has 0 N–H and O–H groups in total. The van der Waals surface area contributed by atoms with Crippen molar-refractivity contribution < 1.29 is 4.43 Å². The molecule has 0 saturated carbocycles. The van der Waals surface area contributed by atoms with Crippen LogP contribution in [0, 0.1) is 0 Å². The van der Waals surface area contributed by atoms with Crippen LogP contribution in [0.4, 0.5) is 0 Å². The average molecular weight is 259 g/mol. The zero-order valence-corrected chi connectivity index (χ0v) is 14.1. The Bertz CT molecular complexity index is 194. The maximum absolute atomic E-state index is 6.20. The molecule has 0 atom stereocenters. The highest BCUT2D eigenvalue weighted by molar-refractivity contribution is 6.80. The number of hydrogen-bond acceptors (Lipinski definition) is 1. The van der Waals surface area contributed by atoms with E-state index in [1.807, 2.05) is 0 Å². The van der Waals surface area contributed by atoms with E-state index in [4.69, 9.17) is 4.43 Å². The van der Waals surface area contributed by atoms with E-state index >= 15 is 0 Å². The minimum atomic E-state index is -1.34. The van der Waals surface area contributed by atoms with Crippen molar-refractivity contribution in [1.29, 1.82) is 0 Å². The molecular weight excluding hydrogens is 228 g/mol. The molecule has 96 valence electrons. The summed E-state index contributed by atoms with van der Waals surface area (Å²) in [7, 11) is -2.34. The lowest BCUT2D eigenvalue weighted by Crippen LogP contribution is -2.35. The van der Waals surface area contributed by atoms with E-state index in [2.05, 4.69) is 52.2 Å². The third-order valence-corrected chi connectivity index (χ3v) is 9.16. The smallest absolute Gasteiger partial charge is 0.191 e. The monoisotopic (exact) mass is 258 g/mol. The molecule has 1 nitrogen and oxygen atoms in total. The van der Waals surface area contributed by atoms with Gasteiger partial charge in [0.15, 0.2) is 8.32 Å². The Morgan fingerprint density at radius 3 is 1.81 bits per heavy atom. The fourth-order valence-electron chi connectivity index (χ4n) is 1.84. The Morgan fingerprint density at radius 2 is 1.44 bits per heavy atom. The van der Waals surface area contributed by atoms with Gasteiger partial charge in [0.1, 0.15) is 0 Å². The molecule has 0 aromatic rings. The summed E-state index contributed by atoms with van der Waals surface area (Å²) in [6.07, 6.45) is 3.42. The lowest BCUT2D eigenvalue weighted by Gasteiger charge is -2.27. The Hall–Kier alpha value is 0.134. The normalized spacial score (nSPS) is 13.6. The van der Waals surface area contributed by atoms with Crippen molar-refractivity contribution in [3.05, 3.63) is 11.8 Å². The van der Waals surface area contributed by atoms with E-state index in [1.165, 1.54) is 18.1 Å². The topological polar surface area (TPSA) is 9.23 Å². The Morgan fingerprint density at radius 1 is 0.938 bits per heavy atom. The van der Waals surface area contributed by atoms with Crippen molar-refractivity contribution in [2.45, 2.75) is 65.0 Å². The zero-order chi connectivity index (χ0) is 12.7. The molecule has 0 aromatic heterocycles. The molecule has 3 heteroatoms. The van der Waals surface area contributed by atoms with Gasteiger partial charge in [-0.2, -0.15) is 0 Å². The molecule has 0 amide bonds. The van der Waals surface area contributed by atoms with Crippen LogP contribution >= 0.6 is 0 Å². The molecule has 0 radical (unpaired) electrons. The maximum Gasteiger partial charge on any atom is 0.191 e. The van der Waals surface area contributed by atoms with Gasteiger partial charge >= 0.3 is 0 Å². The summed E-state index contributed by atoms with van der Waals surface area (Å²) in [6.45, 7) is 14.9. The van der Waals surface area contributed by atoms with Crippen molar-refractivity contribution in [1.82, 2.24) is 0 Å². The van der Waals surface area contributed by atoms with Crippen LogP contribution in [0.25, 0.3) is 0 Å². The fraction of sp³-hybridized carbons (Fsp3) is 0.846. The highest BCUT2D eigenvalue weighted by Crippen LogP contribution is 2.21. The maximum atomic E-state index is 6.20. The van der Waals surface area contributed by atoms with Gasteiger partial charge in [0, 0.05) is 6.61 Å². The quantitative estimate of drug-likeness (QED) is 0.447. The van der Waals surface area contributed by atoms with Crippen molar-refractivity contribution in [2.75, 3.05) is 6.61 Å². The summed E-state index contributed by atoms with van der Waals surface area (Å²) in [5, 5.41) is 0. The highest BCUT2D eigenvalue weighted by Gasteiger charge is 2.27. The predicted molar refractivity (Wildman–Crippen MR) is 80.3 cm³/mol. The first-order valence-electron chi connectivity index (χ1n) is 6.71. The summed E-state index contributed by atoms with van der Waals surface area (Å²) < 4.78 is 6.20. The second-order valence-electron chi connectivity index (χ2n) is 5.65. The summed E-state index contributed by atoms with van der Waals surface area (Å²) in [5.74, 6) is 0. The van der Waals surface area contributed by atoms with Gasteiger partial charge in [-0.1, -0.05) is 52.2 Å². The second kappa shape index (κ2) is 7.46. The molecule has 0 aliphatic rings. The van der Waals surface area contributed by atoms with Gasteiger partial charge in [0.2, 0.25) is 0 Å².